The fourth-order valence-electron chi connectivity index (χ4n) is 1.41. The Kier molecular flexibility index (Phi) is 4.92. The average Bonchev–Trinajstić information content (AvgIpc) is 2.27. The smallest absolute Gasteiger partial charge is 0.410 e. The van der Waals surface area contributed by atoms with Crippen molar-refractivity contribution in [2.24, 2.45) is 0 Å². The first-order valence-electron chi connectivity index (χ1n) is 6.07. The number of likely N-dealkylation sites (N-methyl/N-ethyl adjacent to an activating group) is 1. The minimum Gasteiger partial charge on any atom is -0.410 e. The van der Waals surface area contributed by atoms with Crippen LogP contribution in [0.4, 0.5) is 4.79 Å². The first-order valence-corrected chi connectivity index (χ1v) is 6.07. The van der Waals surface area contributed by atoms with Gasteiger partial charge in [0.2, 0.25) is 5.91 Å². The van der Waals surface area contributed by atoms with E-state index in [0.29, 0.717) is 5.75 Å². The molecule has 0 spiro atoms. The Morgan fingerprint density at radius 2 is 1.79 bits per heavy atom. The van der Waals surface area contributed by atoms with E-state index in [1.54, 1.807) is 24.3 Å². The third kappa shape index (κ3) is 5.90. The number of amides is 2. The normalized spacial score (nSPS) is 10.7. The summed E-state index contributed by atoms with van der Waals surface area (Å²) >= 11 is 0. The van der Waals surface area contributed by atoms with Crippen LogP contribution >= 0.6 is 0 Å². The van der Waals surface area contributed by atoms with Crippen molar-refractivity contribution >= 4 is 12.0 Å². The average molecular weight is 264 g/mol. The summed E-state index contributed by atoms with van der Waals surface area (Å²) in [4.78, 5) is 24.6. The van der Waals surface area contributed by atoms with Crippen molar-refractivity contribution in [1.29, 1.82) is 0 Å². The lowest BCUT2D eigenvalue weighted by molar-refractivity contribution is -0.123. The number of benzene rings is 1. The zero-order valence-electron chi connectivity index (χ0n) is 11.8. The molecular formula is C14H20N2O3. The van der Waals surface area contributed by atoms with Gasteiger partial charge in [-0.2, -0.15) is 0 Å². The van der Waals surface area contributed by atoms with Crippen molar-refractivity contribution in [1.82, 2.24) is 10.2 Å². The van der Waals surface area contributed by atoms with Crippen molar-refractivity contribution in [2.45, 2.75) is 26.3 Å². The van der Waals surface area contributed by atoms with Crippen LogP contribution in [0.2, 0.25) is 0 Å². The molecule has 0 saturated heterocycles. The summed E-state index contributed by atoms with van der Waals surface area (Å²) in [6.07, 6.45) is -0.560. The molecule has 0 bridgehead atoms. The molecule has 1 aromatic rings. The molecule has 104 valence electrons. The Hall–Kier alpha value is -2.04. The zero-order valence-corrected chi connectivity index (χ0v) is 11.8. The van der Waals surface area contributed by atoms with Crippen LogP contribution in [0, 0.1) is 0 Å². The standard InChI is InChI=1S/C14H20N2O3/c1-14(2,3)15-12(17)10-16(4)13(18)19-11-8-6-5-7-9-11/h5-9H,10H2,1-4H3,(H,15,17). The number of rotatable bonds is 3. The van der Waals surface area contributed by atoms with E-state index in [-0.39, 0.29) is 18.0 Å². The van der Waals surface area contributed by atoms with E-state index in [1.165, 1.54) is 11.9 Å². The third-order valence-corrected chi connectivity index (χ3v) is 2.16. The highest BCUT2D eigenvalue weighted by molar-refractivity contribution is 5.83. The number of hydrogen-bond acceptors (Lipinski definition) is 3. The van der Waals surface area contributed by atoms with Crippen molar-refractivity contribution in [3.63, 3.8) is 0 Å². The van der Waals surface area contributed by atoms with Crippen LogP contribution in [0.1, 0.15) is 20.8 Å². The second-order valence-electron chi connectivity index (χ2n) is 5.34. The van der Waals surface area contributed by atoms with Gasteiger partial charge in [0.05, 0.1) is 0 Å². The van der Waals surface area contributed by atoms with Gasteiger partial charge in [0, 0.05) is 12.6 Å². The fourth-order valence-corrected chi connectivity index (χ4v) is 1.41. The lowest BCUT2D eigenvalue weighted by Crippen LogP contribution is -2.46. The van der Waals surface area contributed by atoms with Crippen LogP contribution in [0.3, 0.4) is 0 Å². The van der Waals surface area contributed by atoms with Gasteiger partial charge in [-0.15, -0.1) is 0 Å². The number of para-hydroxylation sites is 1. The van der Waals surface area contributed by atoms with E-state index in [9.17, 15) is 9.59 Å². The molecule has 0 saturated carbocycles. The van der Waals surface area contributed by atoms with Crippen LogP contribution in [0.25, 0.3) is 0 Å². The van der Waals surface area contributed by atoms with Crippen molar-refractivity contribution in [3.05, 3.63) is 30.3 Å². The molecule has 1 aromatic carbocycles. The fraction of sp³-hybridized carbons (Fsp3) is 0.429. The highest BCUT2D eigenvalue weighted by Gasteiger charge is 2.18. The molecule has 1 rings (SSSR count). The van der Waals surface area contributed by atoms with Gasteiger partial charge in [0.25, 0.3) is 0 Å². The van der Waals surface area contributed by atoms with E-state index in [4.69, 9.17) is 4.74 Å². The van der Waals surface area contributed by atoms with Crippen molar-refractivity contribution in [3.8, 4) is 5.75 Å². The second kappa shape index (κ2) is 6.22. The lowest BCUT2D eigenvalue weighted by Gasteiger charge is -2.23. The first-order chi connectivity index (χ1) is 8.78. The maximum Gasteiger partial charge on any atom is 0.415 e. The highest BCUT2D eigenvalue weighted by Crippen LogP contribution is 2.09. The van der Waals surface area contributed by atoms with E-state index in [2.05, 4.69) is 5.32 Å². The molecule has 2 amide bonds. The van der Waals surface area contributed by atoms with Gasteiger partial charge in [-0.05, 0) is 32.9 Å². The van der Waals surface area contributed by atoms with Crippen molar-refractivity contribution < 1.29 is 14.3 Å². The zero-order chi connectivity index (χ0) is 14.5. The summed E-state index contributed by atoms with van der Waals surface area (Å²) in [6.45, 7) is 5.61. The second-order valence-corrected chi connectivity index (χ2v) is 5.34. The van der Waals surface area contributed by atoms with E-state index in [0.717, 1.165) is 0 Å². The molecule has 19 heavy (non-hydrogen) atoms. The molecule has 1 N–H and O–H groups in total. The predicted octanol–water partition coefficient (Wildman–Crippen LogP) is 2.03. The SMILES string of the molecule is CN(CC(=O)NC(C)(C)C)C(=O)Oc1ccccc1. The number of carbonyl (C=O) groups is 2. The molecule has 5 nitrogen and oxygen atoms in total. The Morgan fingerprint density at radius 1 is 1.21 bits per heavy atom. The van der Waals surface area contributed by atoms with Gasteiger partial charge >= 0.3 is 6.09 Å². The molecule has 0 aromatic heterocycles. The third-order valence-electron chi connectivity index (χ3n) is 2.16. The number of carbonyl (C=O) groups excluding carboxylic acids is 2. The Labute approximate surface area is 113 Å². The van der Waals surface area contributed by atoms with Crippen LogP contribution in [0.15, 0.2) is 30.3 Å². The molecule has 0 atom stereocenters. The van der Waals surface area contributed by atoms with E-state index < -0.39 is 6.09 Å². The summed E-state index contributed by atoms with van der Waals surface area (Å²) in [7, 11) is 1.52. The Morgan fingerprint density at radius 3 is 2.32 bits per heavy atom. The monoisotopic (exact) mass is 264 g/mol. The minimum atomic E-state index is -0.560. The largest absolute Gasteiger partial charge is 0.415 e. The van der Waals surface area contributed by atoms with Gasteiger partial charge in [0.1, 0.15) is 12.3 Å². The van der Waals surface area contributed by atoms with Crippen LogP contribution in [-0.4, -0.2) is 36.0 Å². The maximum absolute atomic E-state index is 11.7. The number of nitrogens with one attached hydrogen (secondary N) is 1. The summed E-state index contributed by atoms with van der Waals surface area (Å²) in [6, 6.07) is 8.74. The Bertz CT molecular complexity index is 438. The minimum absolute atomic E-state index is 0.0388. The number of hydrogen-bond donors (Lipinski definition) is 1. The number of ether oxygens (including phenoxy) is 1. The summed E-state index contributed by atoms with van der Waals surface area (Å²) < 4.78 is 5.11. The van der Waals surface area contributed by atoms with Crippen molar-refractivity contribution in [2.75, 3.05) is 13.6 Å². The summed E-state index contributed by atoms with van der Waals surface area (Å²) in [5.74, 6) is 0.232. The predicted molar refractivity (Wildman–Crippen MR) is 73.0 cm³/mol. The van der Waals surface area contributed by atoms with Crippen LogP contribution in [-0.2, 0) is 4.79 Å². The topological polar surface area (TPSA) is 58.6 Å². The van der Waals surface area contributed by atoms with E-state index in [1.807, 2.05) is 26.8 Å². The van der Waals surface area contributed by atoms with Gasteiger partial charge in [-0.1, -0.05) is 18.2 Å². The molecule has 5 heteroatoms. The highest BCUT2D eigenvalue weighted by atomic mass is 16.6. The molecule has 0 unspecified atom stereocenters. The maximum atomic E-state index is 11.7. The van der Waals surface area contributed by atoms with Crippen LogP contribution < -0.4 is 10.1 Å². The lowest BCUT2D eigenvalue weighted by atomic mass is 10.1. The molecule has 0 aliphatic carbocycles. The van der Waals surface area contributed by atoms with Gasteiger partial charge in [-0.3, -0.25) is 4.79 Å². The summed E-state index contributed by atoms with van der Waals surface area (Å²) in [5, 5.41) is 2.78. The molecule has 0 aliphatic heterocycles. The molecule has 0 radical (unpaired) electrons. The molecule has 0 heterocycles. The van der Waals surface area contributed by atoms with Gasteiger partial charge < -0.3 is 15.0 Å². The molecular weight excluding hydrogens is 244 g/mol. The quantitative estimate of drug-likeness (QED) is 0.908. The van der Waals surface area contributed by atoms with Crippen LogP contribution in [0.5, 0.6) is 5.75 Å². The van der Waals surface area contributed by atoms with Gasteiger partial charge in [0.15, 0.2) is 0 Å². The molecule has 0 fully saturated rings. The number of nitrogens with zero attached hydrogens (tertiary/aromatic N) is 1. The molecule has 0 aliphatic rings. The Balaban J connectivity index is 2.47. The van der Waals surface area contributed by atoms with E-state index >= 15 is 0 Å². The summed E-state index contributed by atoms with van der Waals surface area (Å²) in [5.41, 5.74) is -0.318. The first kappa shape index (κ1) is 15.0. The van der Waals surface area contributed by atoms with Gasteiger partial charge in [-0.25, -0.2) is 4.79 Å².